The lowest BCUT2D eigenvalue weighted by atomic mass is 9.87. The van der Waals surface area contributed by atoms with Crippen molar-refractivity contribution in [3.8, 4) is 0 Å². The Hall–Kier alpha value is -1.01. The highest BCUT2D eigenvalue weighted by atomic mass is 16.7. The van der Waals surface area contributed by atoms with E-state index in [0.29, 0.717) is 0 Å². The summed E-state index contributed by atoms with van der Waals surface area (Å²) in [5.74, 6) is 1.83. The highest BCUT2D eigenvalue weighted by Crippen LogP contribution is 2.37. The van der Waals surface area contributed by atoms with Crippen molar-refractivity contribution >= 4 is 13.2 Å². The van der Waals surface area contributed by atoms with E-state index in [1.54, 1.807) is 0 Å². The summed E-state index contributed by atoms with van der Waals surface area (Å²) < 4.78 is 17.0. The summed E-state index contributed by atoms with van der Waals surface area (Å²) in [5.41, 5.74) is -1.82. The molecule has 1 saturated heterocycles. The Morgan fingerprint density at radius 2 is 1.50 bits per heavy atom. The predicted octanol–water partition coefficient (Wildman–Crippen LogP) is 3.48. The average molecular weight is 311 g/mol. The van der Waals surface area contributed by atoms with Crippen molar-refractivity contribution in [1.29, 1.82) is 0 Å². The molecule has 0 aromatic heterocycles. The van der Waals surface area contributed by atoms with Gasteiger partial charge in [-0.15, -0.1) is 0 Å². The third kappa shape index (κ3) is 5.32. The van der Waals surface area contributed by atoms with Gasteiger partial charge in [0, 0.05) is 0 Å². The molecule has 1 rings (SSSR count). The molecule has 0 radical (unpaired) electrons. The third-order valence-corrected chi connectivity index (χ3v) is 3.76. The van der Waals surface area contributed by atoms with Crippen LogP contribution in [0.2, 0.25) is 0 Å². The normalized spacial score (nSPS) is 21.2. The van der Waals surface area contributed by atoms with E-state index in [-0.39, 0.29) is 11.2 Å². The maximum Gasteiger partial charge on any atom is 0.486 e. The van der Waals surface area contributed by atoms with Crippen LogP contribution in [0.4, 0.5) is 4.79 Å². The Morgan fingerprint density at radius 1 is 1.05 bits per heavy atom. The van der Waals surface area contributed by atoms with Gasteiger partial charge in [0.05, 0.1) is 16.7 Å². The molecule has 1 N–H and O–H groups in total. The number of alkyl carbamates (subject to hydrolysis) is 1. The van der Waals surface area contributed by atoms with E-state index in [9.17, 15) is 4.79 Å². The zero-order chi connectivity index (χ0) is 17.4. The van der Waals surface area contributed by atoms with Gasteiger partial charge in [-0.1, -0.05) is 12.1 Å². The smallest absolute Gasteiger partial charge is 0.444 e. The Morgan fingerprint density at radius 3 is 1.91 bits per heavy atom. The molecule has 5 nitrogen and oxygen atoms in total. The summed E-state index contributed by atoms with van der Waals surface area (Å²) >= 11 is 0. The molecule has 6 heteroatoms. The lowest BCUT2D eigenvalue weighted by Gasteiger charge is -2.32. The van der Waals surface area contributed by atoms with Gasteiger partial charge in [0.2, 0.25) is 0 Å². The lowest BCUT2D eigenvalue weighted by Crippen LogP contribution is -2.44. The molecule has 0 bridgehead atoms. The first-order valence-electron chi connectivity index (χ1n) is 7.70. The highest BCUT2D eigenvalue weighted by Gasteiger charge is 2.50. The van der Waals surface area contributed by atoms with E-state index in [0.717, 1.165) is 0 Å². The molecule has 126 valence electrons. The number of hydrogen-bond donors (Lipinski definition) is 1. The molecule has 0 spiro atoms. The second kappa shape index (κ2) is 5.89. The second-order valence-electron chi connectivity index (χ2n) is 8.33. The number of rotatable bonds is 3. The molecule has 1 amide bonds. The molecule has 0 aromatic carbocycles. The van der Waals surface area contributed by atoms with Crippen molar-refractivity contribution in [2.24, 2.45) is 0 Å². The second-order valence-corrected chi connectivity index (χ2v) is 8.33. The topological polar surface area (TPSA) is 56.8 Å². The molecule has 22 heavy (non-hydrogen) atoms. The van der Waals surface area contributed by atoms with E-state index < -0.39 is 24.4 Å². The van der Waals surface area contributed by atoms with Gasteiger partial charge in [-0.05, 0) is 62.3 Å². The van der Waals surface area contributed by atoms with E-state index in [1.165, 1.54) is 0 Å². The molecule has 1 heterocycles. The average Bonchev–Trinajstić information content (AvgIpc) is 2.41. The van der Waals surface area contributed by atoms with Crippen LogP contribution in [0.5, 0.6) is 0 Å². The third-order valence-electron chi connectivity index (χ3n) is 3.76. The van der Waals surface area contributed by atoms with E-state index in [2.05, 4.69) is 5.32 Å². The van der Waals surface area contributed by atoms with Gasteiger partial charge in [-0.25, -0.2) is 4.79 Å². The number of carbonyl (C=O) groups is 1. The van der Waals surface area contributed by atoms with Crippen LogP contribution in [0.25, 0.3) is 0 Å². The quantitative estimate of drug-likeness (QED) is 0.811. The van der Waals surface area contributed by atoms with E-state index in [4.69, 9.17) is 14.0 Å². The molecular formula is C16H30BNO4. The van der Waals surface area contributed by atoms with Crippen molar-refractivity contribution in [3.63, 3.8) is 0 Å². The Bertz CT molecular complexity index is 434. The number of nitrogens with one attached hydrogen (secondary N) is 1. The van der Waals surface area contributed by atoms with Gasteiger partial charge < -0.3 is 19.4 Å². The van der Waals surface area contributed by atoms with Gasteiger partial charge >= 0.3 is 13.2 Å². The zero-order valence-corrected chi connectivity index (χ0v) is 15.4. The van der Waals surface area contributed by atoms with Crippen LogP contribution in [0.15, 0.2) is 12.1 Å². The van der Waals surface area contributed by atoms with Gasteiger partial charge in [0.25, 0.3) is 0 Å². The van der Waals surface area contributed by atoms with Crippen molar-refractivity contribution in [2.75, 3.05) is 0 Å². The molecule has 0 aromatic rings. The molecule has 0 aliphatic carbocycles. The van der Waals surface area contributed by atoms with E-state index >= 15 is 0 Å². The molecule has 0 unspecified atom stereocenters. The summed E-state index contributed by atoms with van der Waals surface area (Å²) in [6, 6.07) is 0. The SMILES string of the molecule is CC(C)(C=CB1OC(C)(C)C(C)(C)O1)NC(=O)OC(C)(C)C. The van der Waals surface area contributed by atoms with Crippen molar-refractivity contribution in [2.45, 2.75) is 84.7 Å². The minimum absolute atomic E-state index is 0.370. The molecule has 1 aliphatic heterocycles. The van der Waals surface area contributed by atoms with Crippen LogP contribution in [0, 0.1) is 0 Å². The monoisotopic (exact) mass is 311 g/mol. The fourth-order valence-electron chi connectivity index (χ4n) is 1.89. The summed E-state index contributed by atoms with van der Waals surface area (Å²) in [6.07, 6.45) is 1.41. The van der Waals surface area contributed by atoms with E-state index in [1.807, 2.05) is 74.4 Å². The van der Waals surface area contributed by atoms with Crippen LogP contribution >= 0.6 is 0 Å². The Kier molecular flexibility index (Phi) is 5.10. The van der Waals surface area contributed by atoms with Crippen molar-refractivity contribution in [1.82, 2.24) is 5.32 Å². The van der Waals surface area contributed by atoms with Gasteiger partial charge in [-0.2, -0.15) is 0 Å². The standard InChI is InChI=1S/C16H30BNO4/c1-13(2,3)20-12(19)18-14(4,5)10-11-17-21-15(6,7)16(8,9)22-17/h10-11H,1-9H3,(H,18,19). The minimum Gasteiger partial charge on any atom is -0.444 e. The fourth-order valence-corrected chi connectivity index (χ4v) is 1.89. The van der Waals surface area contributed by atoms with Crippen LogP contribution in [-0.2, 0) is 14.0 Å². The predicted molar refractivity (Wildman–Crippen MR) is 88.7 cm³/mol. The maximum atomic E-state index is 11.8. The first-order valence-corrected chi connectivity index (χ1v) is 7.70. The number of ether oxygens (including phenoxy) is 1. The van der Waals surface area contributed by atoms with Gasteiger partial charge in [0.1, 0.15) is 5.60 Å². The summed E-state index contributed by atoms with van der Waals surface area (Å²) in [7, 11) is -0.426. The first kappa shape index (κ1) is 19.0. The molecule has 0 atom stereocenters. The van der Waals surface area contributed by atoms with Crippen LogP contribution in [0.1, 0.15) is 62.3 Å². The summed E-state index contributed by atoms with van der Waals surface area (Å²) in [4.78, 5) is 11.8. The molecular weight excluding hydrogens is 281 g/mol. The Labute approximate surface area is 134 Å². The maximum absolute atomic E-state index is 11.8. The van der Waals surface area contributed by atoms with Gasteiger partial charge in [0.15, 0.2) is 0 Å². The molecule has 1 fully saturated rings. The Balaban J connectivity index is 2.64. The zero-order valence-electron chi connectivity index (χ0n) is 15.4. The van der Waals surface area contributed by atoms with Crippen LogP contribution < -0.4 is 5.32 Å². The largest absolute Gasteiger partial charge is 0.486 e. The number of amides is 1. The van der Waals surface area contributed by atoms with Crippen LogP contribution in [-0.4, -0.2) is 35.6 Å². The van der Waals surface area contributed by atoms with Gasteiger partial charge in [-0.3, -0.25) is 0 Å². The molecule has 1 aliphatic rings. The minimum atomic E-state index is -0.564. The lowest BCUT2D eigenvalue weighted by molar-refractivity contribution is 0.00578. The summed E-state index contributed by atoms with van der Waals surface area (Å²) in [6.45, 7) is 17.3. The van der Waals surface area contributed by atoms with Crippen LogP contribution in [0.3, 0.4) is 0 Å². The van der Waals surface area contributed by atoms with Crippen molar-refractivity contribution < 1.29 is 18.8 Å². The number of hydrogen-bond acceptors (Lipinski definition) is 4. The van der Waals surface area contributed by atoms with Crippen molar-refractivity contribution in [3.05, 3.63) is 12.1 Å². The fraction of sp³-hybridized carbons (Fsp3) is 0.812. The molecule has 0 saturated carbocycles. The highest BCUT2D eigenvalue weighted by molar-refractivity contribution is 6.51. The summed E-state index contributed by atoms with van der Waals surface area (Å²) in [5, 5.41) is 2.82. The number of carbonyl (C=O) groups excluding carboxylic acids is 1. The first-order chi connectivity index (χ1) is 9.64.